The van der Waals surface area contributed by atoms with Crippen molar-refractivity contribution in [1.82, 2.24) is 25.3 Å². The Hall–Kier alpha value is -2.11. The van der Waals surface area contributed by atoms with Crippen LogP contribution in [0.3, 0.4) is 0 Å². The molecule has 10 nitrogen and oxygen atoms in total. The molecule has 2 saturated heterocycles. The van der Waals surface area contributed by atoms with Crippen LogP contribution in [-0.4, -0.2) is 108 Å². The van der Waals surface area contributed by atoms with E-state index in [1.165, 1.54) is 16.7 Å². The second-order valence-electron chi connectivity index (χ2n) is 9.29. The lowest BCUT2D eigenvalue weighted by Crippen LogP contribution is -2.66. The standard InChI is InChI=1S/C21H33N5O5S/c1-10-16-15(11(2)23-14(27)9-24(3)4)20(29)26(16)17(21(30)31)18(10)32-12-7-13(22-8-12)19(28)25(5)6/h10-13,15-16,22H,7-9H2,1-6H3,(H,23,27)(H,30,31)/t10-,11?,12+,13+,15-,16-/m1/s1. The van der Waals surface area contributed by atoms with Crippen molar-refractivity contribution in [1.29, 1.82) is 0 Å². The van der Waals surface area contributed by atoms with E-state index in [-0.39, 0.29) is 53.2 Å². The van der Waals surface area contributed by atoms with Gasteiger partial charge in [0.15, 0.2) is 0 Å². The van der Waals surface area contributed by atoms with Gasteiger partial charge in [0.05, 0.1) is 24.5 Å². The number of carboxylic acid groups (broad SMARTS) is 1. The van der Waals surface area contributed by atoms with Crippen LogP contribution in [0.4, 0.5) is 0 Å². The summed E-state index contributed by atoms with van der Waals surface area (Å²) < 4.78 is 0. The Morgan fingerprint density at radius 3 is 2.50 bits per heavy atom. The third-order valence-electron chi connectivity index (χ3n) is 6.30. The second-order valence-corrected chi connectivity index (χ2v) is 10.6. The van der Waals surface area contributed by atoms with Crippen LogP contribution in [-0.2, 0) is 19.2 Å². The summed E-state index contributed by atoms with van der Waals surface area (Å²) in [7, 11) is 7.01. The number of nitrogens with zero attached hydrogens (tertiary/aromatic N) is 3. The minimum Gasteiger partial charge on any atom is -0.477 e. The number of carbonyl (C=O) groups excluding carboxylic acids is 3. The van der Waals surface area contributed by atoms with Crippen LogP contribution in [0.15, 0.2) is 10.6 Å². The molecule has 0 bridgehead atoms. The van der Waals surface area contributed by atoms with Crippen molar-refractivity contribution in [3.63, 3.8) is 0 Å². The number of carboxylic acids is 1. The molecule has 3 heterocycles. The molecule has 0 aliphatic carbocycles. The van der Waals surface area contributed by atoms with E-state index >= 15 is 0 Å². The number of amides is 3. The summed E-state index contributed by atoms with van der Waals surface area (Å²) in [5.41, 5.74) is 0.0444. The number of likely N-dealkylation sites (N-methyl/N-ethyl adjacent to an activating group) is 2. The molecule has 11 heteroatoms. The maximum atomic E-state index is 12.9. The molecule has 3 aliphatic heterocycles. The number of thioether (sulfide) groups is 1. The summed E-state index contributed by atoms with van der Waals surface area (Å²) >= 11 is 1.46. The van der Waals surface area contributed by atoms with Gasteiger partial charge in [-0.2, -0.15) is 0 Å². The maximum absolute atomic E-state index is 12.9. The van der Waals surface area contributed by atoms with E-state index in [9.17, 15) is 24.3 Å². The van der Waals surface area contributed by atoms with Gasteiger partial charge in [0.1, 0.15) is 5.70 Å². The molecule has 0 radical (unpaired) electrons. The number of hydrogen-bond donors (Lipinski definition) is 3. The van der Waals surface area contributed by atoms with Crippen molar-refractivity contribution in [2.75, 3.05) is 41.3 Å². The lowest BCUT2D eigenvalue weighted by atomic mass is 9.78. The smallest absolute Gasteiger partial charge is 0.353 e. The molecular formula is C21H33N5O5S. The fourth-order valence-corrected chi connectivity index (χ4v) is 6.32. The molecule has 0 aromatic heterocycles. The van der Waals surface area contributed by atoms with Gasteiger partial charge in [-0.3, -0.25) is 14.4 Å². The second kappa shape index (κ2) is 9.40. The van der Waals surface area contributed by atoms with Crippen molar-refractivity contribution in [2.45, 2.75) is 43.6 Å². The summed E-state index contributed by atoms with van der Waals surface area (Å²) in [6, 6.07) is -0.973. The van der Waals surface area contributed by atoms with E-state index in [4.69, 9.17) is 0 Å². The molecule has 3 rings (SSSR count). The summed E-state index contributed by atoms with van der Waals surface area (Å²) in [5, 5.41) is 16.0. The highest BCUT2D eigenvalue weighted by atomic mass is 32.2. The number of β-lactam (4-membered cyclic amide) rings is 1. The molecule has 32 heavy (non-hydrogen) atoms. The first-order chi connectivity index (χ1) is 14.9. The Bertz CT molecular complexity index is 844. The van der Waals surface area contributed by atoms with Crippen molar-refractivity contribution < 1.29 is 24.3 Å². The summed E-state index contributed by atoms with van der Waals surface area (Å²) in [6.45, 7) is 4.55. The van der Waals surface area contributed by atoms with Crippen LogP contribution >= 0.6 is 11.8 Å². The number of hydrogen-bond acceptors (Lipinski definition) is 7. The van der Waals surface area contributed by atoms with Gasteiger partial charge < -0.3 is 30.4 Å². The third-order valence-corrected chi connectivity index (χ3v) is 7.81. The van der Waals surface area contributed by atoms with E-state index in [1.54, 1.807) is 44.9 Å². The van der Waals surface area contributed by atoms with Gasteiger partial charge in [-0.1, -0.05) is 6.92 Å². The van der Waals surface area contributed by atoms with Crippen LogP contribution in [0.2, 0.25) is 0 Å². The number of aliphatic carboxylic acids is 1. The average molecular weight is 468 g/mol. The first-order valence-electron chi connectivity index (χ1n) is 10.8. The summed E-state index contributed by atoms with van der Waals surface area (Å²) in [4.78, 5) is 54.8. The van der Waals surface area contributed by atoms with Crippen molar-refractivity contribution >= 4 is 35.5 Å². The largest absolute Gasteiger partial charge is 0.477 e. The van der Waals surface area contributed by atoms with Crippen molar-refractivity contribution in [2.24, 2.45) is 11.8 Å². The Morgan fingerprint density at radius 2 is 1.94 bits per heavy atom. The zero-order valence-corrected chi connectivity index (χ0v) is 20.2. The molecule has 3 aliphatic rings. The van der Waals surface area contributed by atoms with Gasteiger partial charge in [-0.15, -0.1) is 11.8 Å². The molecule has 178 valence electrons. The topological polar surface area (TPSA) is 122 Å². The van der Waals surface area contributed by atoms with Crippen LogP contribution in [0, 0.1) is 11.8 Å². The van der Waals surface area contributed by atoms with E-state index < -0.39 is 17.9 Å². The SMILES string of the molecule is CC(NC(=O)CN(C)C)[C@H]1C(=O)N2C(C(=O)O)=C(S[C@@H]3CN[C@H](C(=O)N(C)C)C3)[C@H](C)[C@H]12. The maximum Gasteiger partial charge on any atom is 0.353 e. The lowest BCUT2D eigenvalue weighted by molar-refractivity contribution is -0.158. The Labute approximate surface area is 192 Å². The molecule has 3 N–H and O–H groups in total. The number of carbonyl (C=O) groups is 4. The predicted molar refractivity (Wildman–Crippen MR) is 121 cm³/mol. The average Bonchev–Trinajstić information content (AvgIpc) is 3.22. The molecule has 2 fully saturated rings. The van der Waals surface area contributed by atoms with Crippen LogP contribution in [0.25, 0.3) is 0 Å². The van der Waals surface area contributed by atoms with Gasteiger partial charge in [0.25, 0.3) is 0 Å². The molecule has 0 spiro atoms. The van der Waals surface area contributed by atoms with Crippen LogP contribution in [0.5, 0.6) is 0 Å². The first kappa shape index (κ1) is 24.5. The van der Waals surface area contributed by atoms with E-state index in [0.717, 1.165) is 0 Å². The quantitative estimate of drug-likeness (QED) is 0.404. The highest BCUT2D eigenvalue weighted by Crippen LogP contribution is 2.51. The summed E-state index contributed by atoms with van der Waals surface area (Å²) in [6.07, 6.45) is 0.601. The van der Waals surface area contributed by atoms with E-state index in [0.29, 0.717) is 17.9 Å². The van der Waals surface area contributed by atoms with Crippen LogP contribution < -0.4 is 10.6 Å². The molecule has 0 aromatic rings. The highest BCUT2D eigenvalue weighted by molar-refractivity contribution is 8.03. The summed E-state index contributed by atoms with van der Waals surface area (Å²) in [5.74, 6) is -2.18. The highest BCUT2D eigenvalue weighted by Gasteiger charge is 2.60. The molecule has 1 unspecified atom stereocenters. The monoisotopic (exact) mass is 467 g/mol. The first-order valence-corrected chi connectivity index (χ1v) is 11.7. The molecule has 6 atom stereocenters. The van der Waals surface area contributed by atoms with Gasteiger partial charge in [-0.05, 0) is 27.4 Å². The van der Waals surface area contributed by atoms with Gasteiger partial charge in [0, 0.05) is 42.8 Å². The minimum atomic E-state index is -1.12. The Kier molecular flexibility index (Phi) is 7.21. The molecule has 0 saturated carbocycles. The number of fused-ring (bicyclic) bond motifs is 1. The third kappa shape index (κ3) is 4.51. The normalized spacial score (nSPS) is 30.3. The van der Waals surface area contributed by atoms with E-state index in [2.05, 4.69) is 10.6 Å². The van der Waals surface area contributed by atoms with E-state index in [1.807, 2.05) is 6.92 Å². The zero-order chi connectivity index (χ0) is 23.9. The fourth-order valence-electron chi connectivity index (χ4n) is 4.85. The Balaban J connectivity index is 1.73. The van der Waals surface area contributed by atoms with Gasteiger partial charge in [-0.25, -0.2) is 4.79 Å². The van der Waals surface area contributed by atoms with Gasteiger partial charge in [0.2, 0.25) is 17.7 Å². The fraction of sp³-hybridized carbons (Fsp3) is 0.714. The molecule has 3 amide bonds. The molecule has 0 aromatic carbocycles. The lowest BCUT2D eigenvalue weighted by Gasteiger charge is -2.47. The van der Waals surface area contributed by atoms with Crippen molar-refractivity contribution in [3.05, 3.63) is 10.6 Å². The zero-order valence-electron chi connectivity index (χ0n) is 19.4. The minimum absolute atomic E-state index is 0.00126. The molecular weight excluding hydrogens is 434 g/mol. The predicted octanol–water partition coefficient (Wildman–Crippen LogP) is -0.622. The van der Waals surface area contributed by atoms with Gasteiger partial charge >= 0.3 is 5.97 Å². The Morgan fingerprint density at radius 1 is 1.28 bits per heavy atom. The van der Waals surface area contributed by atoms with Crippen molar-refractivity contribution in [3.8, 4) is 0 Å². The number of nitrogens with one attached hydrogen (secondary N) is 2. The number of rotatable bonds is 8. The van der Waals surface area contributed by atoms with Crippen LogP contribution in [0.1, 0.15) is 20.3 Å².